The Hall–Kier alpha value is -0.690. The molecule has 0 N–H and O–H groups in total. The molecule has 0 radical (unpaired) electrons. The van der Waals surface area contributed by atoms with Gasteiger partial charge in [0.05, 0.1) is 15.6 Å². The summed E-state index contributed by atoms with van der Waals surface area (Å²) in [7, 11) is 0. The lowest BCUT2D eigenvalue weighted by Crippen LogP contribution is -2.24. The van der Waals surface area contributed by atoms with Crippen LogP contribution in [0.25, 0.3) is 0 Å². The Balaban J connectivity index is 2.17. The van der Waals surface area contributed by atoms with Gasteiger partial charge in [0.1, 0.15) is 0 Å². The summed E-state index contributed by atoms with van der Waals surface area (Å²) in [5.41, 5.74) is 0.864. The molecule has 84 valence electrons. The van der Waals surface area contributed by atoms with Crippen molar-refractivity contribution in [1.29, 1.82) is 0 Å². The largest absolute Gasteiger partial charge is 0.298 e. The van der Waals surface area contributed by atoms with E-state index in [2.05, 4.69) is 39.0 Å². The molecule has 0 aliphatic heterocycles. The Morgan fingerprint density at radius 3 is 3.06 bits per heavy atom. The van der Waals surface area contributed by atoms with Crippen LogP contribution in [0.3, 0.4) is 0 Å². The van der Waals surface area contributed by atoms with Gasteiger partial charge in [-0.3, -0.25) is 9.36 Å². The number of aromatic nitrogens is 2. The van der Waals surface area contributed by atoms with E-state index >= 15 is 0 Å². The standard InChI is InChI=1S/C11H11IN2OS/c1-8-10(12)11(15)14(7-13-8)5-4-9-3-2-6-16-9/h2-3,6-7H,4-5H2,1H3. The molecule has 0 unspecified atom stereocenters. The summed E-state index contributed by atoms with van der Waals surface area (Å²) >= 11 is 3.77. The number of thiophene rings is 1. The fraction of sp³-hybridized carbons (Fsp3) is 0.273. The minimum Gasteiger partial charge on any atom is -0.298 e. The van der Waals surface area contributed by atoms with E-state index in [0.717, 1.165) is 12.1 Å². The van der Waals surface area contributed by atoms with Crippen LogP contribution in [0.5, 0.6) is 0 Å². The molecule has 16 heavy (non-hydrogen) atoms. The summed E-state index contributed by atoms with van der Waals surface area (Å²) < 4.78 is 2.39. The molecule has 0 aromatic carbocycles. The molecule has 0 atom stereocenters. The van der Waals surface area contributed by atoms with E-state index in [-0.39, 0.29) is 5.56 Å². The van der Waals surface area contributed by atoms with Crippen LogP contribution < -0.4 is 5.56 Å². The van der Waals surface area contributed by atoms with Crippen LogP contribution in [0.15, 0.2) is 28.6 Å². The third-order valence-corrected chi connectivity index (χ3v) is 4.51. The predicted octanol–water partition coefficient (Wildman–Crippen LogP) is 2.46. The zero-order valence-corrected chi connectivity index (χ0v) is 11.8. The molecule has 2 heterocycles. The molecule has 2 rings (SSSR count). The summed E-state index contributed by atoms with van der Waals surface area (Å²) in [5.74, 6) is 0. The third-order valence-electron chi connectivity index (χ3n) is 2.34. The Morgan fingerprint density at radius 1 is 1.56 bits per heavy atom. The van der Waals surface area contributed by atoms with Crippen molar-refractivity contribution in [1.82, 2.24) is 9.55 Å². The van der Waals surface area contributed by atoms with Crippen LogP contribution in [-0.4, -0.2) is 9.55 Å². The zero-order valence-electron chi connectivity index (χ0n) is 8.81. The topological polar surface area (TPSA) is 34.9 Å². The molecule has 0 saturated heterocycles. The van der Waals surface area contributed by atoms with Crippen molar-refractivity contribution in [2.45, 2.75) is 19.9 Å². The first-order chi connectivity index (χ1) is 7.68. The molecule has 5 heteroatoms. The lowest BCUT2D eigenvalue weighted by molar-refractivity contribution is 0.651. The normalized spacial score (nSPS) is 10.6. The molecular formula is C11H11IN2OS. The molecule has 0 fully saturated rings. The van der Waals surface area contributed by atoms with Gasteiger partial charge in [-0.25, -0.2) is 4.98 Å². The molecule has 0 amide bonds. The van der Waals surface area contributed by atoms with Crippen molar-refractivity contribution in [3.63, 3.8) is 0 Å². The van der Waals surface area contributed by atoms with Crippen molar-refractivity contribution in [3.05, 3.63) is 48.3 Å². The van der Waals surface area contributed by atoms with Crippen LogP contribution in [0.4, 0.5) is 0 Å². The van der Waals surface area contributed by atoms with Crippen LogP contribution in [0.1, 0.15) is 10.6 Å². The Bertz CT molecular complexity index is 533. The van der Waals surface area contributed by atoms with E-state index in [9.17, 15) is 4.79 Å². The number of hydrogen-bond acceptors (Lipinski definition) is 3. The van der Waals surface area contributed by atoms with E-state index in [4.69, 9.17) is 0 Å². The fourth-order valence-electron chi connectivity index (χ4n) is 1.39. The van der Waals surface area contributed by atoms with E-state index in [0.29, 0.717) is 10.1 Å². The van der Waals surface area contributed by atoms with Crippen LogP contribution in [0, 0.1) is 10.5 Å². The van der Waals surface area contributed by atoms with Gasteiger partial charge in [-0.1, -0.05) is 6.07 Å². The average Bonchev–Trinajstić information content (AvgIpc) is 2.78. The van der Waals surface area contributed by atoms with Gasteiger partial charge >= 0.3 is 0 Å². The highest BCUT2D eigenvalue weighted by Crippen LogP contribution is 2.10. The maximum atomic E-state index is 11.9. The molecule has 0 aliphatic rings. The molecule has 0 aliphatic carbocycles. The number of rotatable bonds is 3. The summed E-state index contributed by atoms with van der Waals surface area (Å²) in [5, 5.41) is 2.05. The van der Waals surface area contributed by atoms with E-state index in [1.54, 1.807) is 22.2 Å². The average molecular weight is 346 g/mol. The van der Waals surface area contributed by atoms with Gasteiger partial charge in [-0.2, -0.15) is 0 Å². The zero-order chi connectivity index (χ0) is 11.5. The fourth-order valence-corrected chi connectivity index (χ4v) is 2.54. The lowest BCUT2D eigenvalue weighted by Gasteiger charge is -2.05. The van der Waals surface area contributed by atoms with Crippen molar-refractivity contribution in [2.75, 3.05) is 0 Å². The summed E-state index contributed by atoms with van der Waals surface area (Å²) in [6.45, 7) is 2.55. The van der Waals surface area contributed by atoms with E-state index < -0.39 is 0 Å². The molecule has 2 aromatic rings. The Labute approximate surface area is 111 Å². The van der Waals surface area contributed by atoms with Gasteiger partial charge in [-0.15, -0.1) is 11.3 Å². The second-order valence-electron chi connectivity index (χ2n) is 3.47. The van der Waals surface area contributed by atoms with Crippen LogP contribution >= 0.6 is 33.9 Å². The van der Waals surface area contributed by atoms with E-state index in [1.807, 2.05) is 13.0 Å². The quantitative estimate of drug-likeness (QED) is 0.801. The second-order valence-corrected chi connectivity index (χ2v) is 5.58. The van der Waals surface area contributed by atoms with Gasteiger partial charge in [0.15, 0.2) is 0 Å². The molecular weight excluding hydrogens is 335 g/mol. The van der Waals surface area contributed by atoms with Gasteiger partial charge < -0.3 is 0 Å². The van der Waals surface area contributed by atoms with Gasteiger partial charge in [0.25, 0.3) is 5.56 Å². The monoisotopic (exact) mass is 346 g/mol. The van der Waals surface area contributed by atoms with Crippen molar-refractivity contribution >= 4 is 33.9 Å². The summed E-state index contributed by atoms with van der Waals surface area (Å²) in [6.07, 6.45) is 2.52. The maximum Gasteiger partial charge on any atom is 0.267 e. The third kappa shape index (κ3) is 2.52. The summed E-state index contributed by atoms with van der Waals surface area (Å²) in [6, 6.07) is 4.11. The smallest absolute Gasteiger partial charge is 0.267 e. The highest BCUT2D eigenvalue weighted by molar-refractivity contribution is 14.1. The second kappa shape index (κ2) is 5.09. The first kappa shape index (κ1) is 11.8. The van der Waals surface area contributed by atoms with Crippen LogP contribution in [-0.2, 0) is 13.0 Å². The van der Waals surface area contributed by atoms with Crippen LogP contribution in [0.2, 0.25) is 0 Å². The molecule has 0 saturated carbocycles. The number of aryl methyl sites for hydroxylation is 3. The molecule has 3 nitrogen and oxygen atoms in total. The minimum atomic E-state index is 0.0599. The minimum absolute atomic E-state index is 0.0599. The van der Waals surface area contributed by atoms with Gasteiger partial charge in [-0.05, 0) is 47.4 Å². The Kier molecular flexibility index (Phi) is 3.75. The first-order valence-electron chi connectivity index (χ1n) is 4.92. The molecule has 0 bridgehead atoms. The lowest BCUT2D eigenvalue weighted by atomic mass is 10.3. The Morgan fingerprint density at radius 2 is 2.38 bits per heavy atom. The van der Waals surface area contributed by atoms with Crippen molar-refractivity contribution < 1.29 is 0 Å². The maximum absolute atomic E-state index is 11.9. The highest BCUT2D eigenvalue weighted by atomic mass is 127. The first-order valence-corrected chi connectivity index (χ1v) is 6.88. The predicted molar refractivity (Wildman–Crippen MR) is 74.0 cm³/mol. The SMILES string of the molecule is Cc1ncn(CCc2cccs2)c(=O)c1I. The van der Waals surface area contributed by atoms with Crippen molar-refractivity contribution in [3.8, 4) is 0 Å². The number of halogens is 1. The molecule has 2 aromatic heterocycles. The summed E-state index contributed by atoms with van der Waals surface area (Å²) in [4.78, 5) is 17.4. The molecule has 0 spiro atoms. The van der Waals surface area contributed by atoms with Crippen molar-refractivity contribution in [2.24, 2.45) is 0 Å². The van der Waals surface area contributed by atoms with E-state index in [1.165, 1.54) is 4.88 Å². The highest BCUT2D eigenvalue weighted by Gasteiger charge is 2.05. The van der Waals surface area contributed by atoms with Gasteiger partial charge in [0, 0.05) is 11.4 Å². The van der Waals surface area contributed by atoms with Gasteiger partial charge in [0.2, 0.25) is 0 Å². The number of nitrogens with zero attached hydrogens (tertiary/aromatic N) is 2. The number of hydrogen-bond donors (Lipinski definition) is 0.